The first-order valence-electron chi connectivity index (χ1n) is 7.36. The second-order valence-corrected chi connectivity index (χ2v) is 12.1. The van der Waals surface area contributed by atoms with Gasteiger partial charge in [-0.05, 0) is 30.0 Å². The van der Waals surface area contributed by atoms with Gasteiger partial charge in [-0.25, -0.2) is 4.79 Å². The van der Waals surface area contributed by atoms with Gasteiger partial charge >= 0.3 is 5.97 Å². The molecule has 0 radical (unpaired) electrons. The molecule has 0 saturated carbocycles. The summed E-state index contributed by atoms with van der Waals surface area (Å²) >= 11 is 0. The Morgan fingerprint density at radius 3 is 2.00 bits per heavy atom. The first-order valence-corrected chi connectivity index (χ1v) is 10.3. The molecule has 0 rings (SSSR count). The third-order valence-electron chi connectivity index (χ3n) is 4.15. The van der Waals surface area contributed by atoms with Gasteiger partial charge < -0.3 is 9.16 Å². The number of ether oxygens (including phenoxy) is 1. The highest BCUT2D eigenvalue weighted by molar-refractivity contribution is 6.74. The molecule has 4 heteroatoms. The molecule has 118 valence electrons. The lowest BCUT2D eigenvalue weighted by molar-refractivity contribution is -0.134. The average Bonchev–Trinajstić information content (AvgIpc) is 2.30. The van der Waals surface area contributed by atoms with Gasteiger partial charge in [-0.3, -0.25) is 0 Å². The van der Waals surface area contributed by atoms with Gasteiger partial charge in [-0.2, -0.15) is 0 Å². The van der Waals surface area contributed by atoms with Crippen molar-refractivity contribution in [2.24, 2.45) is 11.8 Å². The summed E-state index contributed by atoms with van der Waals surface area (Å²) in [4.78, 5) is 11.2. The zero-order valence-corrected chi connectivity index (χ0v) is 15.6. The van der Waals surface area contributed by atoms with Crippen LogP contribution in [-0.4, -0.2) is 27.5 Å². The summed E-state index contributed by atoms with van der Waals surface area (Å²) < 4.78 is 11.2. The van der Waals surface area contributed by atoms with Crippen molar-refractivity contribution in [2.45, 2.75) is 65.8 Å². The molecule has 0 aromatic carbocycles. The van der Waals surface area contributed by atoms with Crippen LogP contribution in [-0.2, 0) is 14.0 Å². The minimum Gasteiger partial charge on any atom is -0.466 e. The molecule has 20 heavy (non-hydrogen) atoms. The molecule has 0 spiro atoms. The third-order valence-corrected chi connectivity index (χ3v) is 8.62. The van der Waals surface area contributed by atoms with E-state index >= 15 is 0 Å². The summed E-state index contributed by atoms with van der Waals surface area (Å²) in [5.74, 6) is 0.274. The number of carbonyl (C=O) groups excluding carboxylic acids is 1. The Balaban J connectivity index is 4.99. The first-order chi connectivity index (χ1) is 8.92. The number of carbonyl (C=O) groups is 1. The number of esters is 1. The smallest absolute Gasteiger partial charge is 0.330 e. The number of rotatable bonds is 6. The SMILES string of the molecule is COC(=O)/C=C/[C@H](C)[C@H](O[Si](C)(C)C(C)(C)C)C(C)C. The molecule has 0 heterocycles. The van der Waals surface area contributed by atoms with Gasteiger partial charge in [0.2, 0.25) is 0 Å². The maximum Gasteiger partial charge on any atom is 0.330 e. The number of methoxy groups -OCH3 is 1. The Hall–Kier alpha value is -0.613. The predicted octanol–water partition coefficient (Wildman–Crippen LogP) is 4.40. The molecule has 0 N–H and O–H groups in total. The number of hydrogen-bond acceptors (Lipinski definition) is 3. The van der Waals surface area contributed by atoms with Crippen LogP contribution >= 0.6 is 0 Å². The Bertz CT molecular complexity index is 340. The van der Waals surface area contributed by atoms with Crippen molar-refractivity contribution in [3.63, 3.8) is 0 Å². The van der Waals surface area contributed by atoms with Crippen molar-refractivity contribution in [1.82, 2.24) is 0 Å². The van der Waals surface area contributed by atoms with Gasteiger partial charge in [0.1, 0.15) is 0 Å². The van der Waals surface area contributed by atoms with Gasteiger partial charge in [0.15, 0.2) is 8.32 Å². The number of hydrogen-bond donors (Lipinski definition) is 0. The van der Waals surface area contributed by atoms with Gasteiger partial charge in [0.05, 0.1) is 13.2 Å². The van der Waals surface area contributed by atoms with Crippen LogP contribution in [0.2, 0.25) is 18.1 Å². The average molecular weight is 301 g/mol. The van der Waals surface area contributed by atoms with E-state index in [9.17, 15) is 4.79 Å². The zero-order valence-electron chi connectivity index (χ0n) is 14.6. The fourth-order valence-electron chi connectivity index (χ4n) is 1.78. The fraction of sp³-hybridized carbons (Fsp3) is 0.812. The molecular formula is C16H32O3Si. The molecule has 0 unspecified atom stereocenters. The summed E-state index contributed by atoms with van der Waals surface area (Å²) in [7, 11) is -0.416. The van der Waals surface area contributed by atoms with E-state index in [4.69, 9.17) is 4.43 Å². The molecule has 0 amide bonds. The molecule has 0 saturated heterocycles. The molecule has 3 nitrogen and oxygen atoms in total. The molecule has 0 aromatic rings. The topological polar surface area (TPSA) is 35.5 Å². The van der Waals surface area contributed by atoms with Crippen LogP contribution in [0.1, 0.15) is 41.5 Å². The summed E-state index contributed by atoms with van der Waals surface area (Å²) in [6, 6.07) is 0. The standard InChI is InChI=1S/C16H32O3Si/c1-12(2)15(13(3)10-11-14(17)18-7)19-20(8,9)16(4,5)6/h10-13,15H,1-9H3/b11-10+/t13-,15+/m0/s1. The Morgan fingerprint density at radius 1 is 1.15 bits per heavy atom. The Morgan fingerprint density at radius 2 is 1.65 bits per heavy atom. The third kappa shape index (κ3) is 5.79. The van der Waals surface area contributed by atoms with E-state index in [-0.39, 0.29) is 23.0 Å². The van der Waals surface area contributed by atoms with Crippen molar-refractivity contribution in [3.05, 3.63) is 12.2 Å². The van der Waals surface area contributed by atoms with Crippen molar-refractivity contribution in [1.29, 1.82) is 0 Å². The first kappa shape index (κ1) is 19.4. The highest BCUT2D eigenvalue weighted by Crippen LogP contribution is 2.39. The molecule has 0 fully saturated rings. The van der Waals surface area contributed by atoms with Crippen LogP contribution in [0.15, 0.2) is 12.2 Å². The quantitative estimate of drug-likeness (QED) is 0.414. The summed E-state index contributed by atoms with van der Waals surface area (Å²) in [6.45, 7) is 17.7. The van der Waals surface area contributed by atoms with Crippen molar-refractivity contribution < 1.29 is 14.0 Å². The Kier molecular flexibility index (Phi) is 7.18. The van der Waals surface area contributed by atoms with E-state index in [0.29, 0.717) is 5.92 Å². The van der Waals surface area contributed by atoms with E-state index in [0.717, 1.165) is 0 Å². The van der Waals surface area contributed by atoms with Crippen LogP contribution in [0.3, 0.4) is 0 Å². The van der Waals surface area contributed by atoms with Gasteiger partial charge in [0.25, 0.3) is 0 Å². The largest absolute Gasteiger partial charge is 0.466 e. The Labute approximate surface area is 125 Å². The van der Waals surface area contributed by atoms with Crippen molar-refractivity contribution in [2.75, 3.05) is 7.11 Å². The van der Waals surface area contributed by atoms with Crippen LogP contribution in [0.5, 0.6) is 0 Å². The van der Waals surface area contributed by atoms with Gasteiger partial charge in [-0.15, -0.1) is 0 Å². The van der Waals surface area contributed by atoms with Crippen molar-refractivity contribution >= 4 is 14.3 Å². The molecule has 0 bridgehead atoms. The van der Waals surface area contributed by atoms with E-state index < -0.39 is 8.32 Å². The van der Waals surface area contributed by atoms with E-state index in [1.807, 2.05) is 6.08 Å². The van der Waals surface area contributed by atoms with E-state index in [1.54, 1.807) is 0 Å². The summed E-state index contributed by atoms with van der Waals surface area (Å²) in [6.07, 6.45) is 3.51. The second-order valence-electron chi connectivity index (χ2n) is 7.33. The van der Waals surface area contributed by atoms with Crippen molar-refractivity contribution in [3.8, 4) is 0 Å². The summed E-state index contributed by atoms with van der Waals surface area (Å²) in [5.41, 5.74) is 0. The van der Waals surface area contributed by atoms with E-state index in [1.165, 1.54) is 13.2 Å². The lowest BCUT2D eigenvalue weighted by Crippen LogP contribution is -2.46. The molecule has 0 aliphatic carbocycles. The minimum absolute atomic E-state index is 0.122. The molecular weight excluding hydrogens is 268 g/mol. The molecule has 2 atom stereocenters. The molecule has 0 aliphatic rings. The van der Waals surface area contributed by atoms with Crippen LogP contribution in [0, 0.1) is 11.8 Å². The normalized spacial score (nSPS) is 16.5. The lowest BCUT2D eigenvalue weighted by Gasteiger charge is -2.42. The molecule has 0 aromatic heterocycles. The lowest BCUT2D eigenvalue weighted by atomic mass is 9.94. The van der Waals surface area contributed by atoms with Crippen LogP contribution < -0.4 is 0 Å². The monoisotopic (exact) mass is 300 g/mol. The highest BCUT2D eigenvalue weighted by atomic mass is 28.4. The van der Waals surface area contributed by atoms with Crippen LogP contribution in [0.4, 0.5) is 0 Å². The molecule has 0 aliphatic heterocycles. The summed E-state index contributed by atoms with van der Waals surface area (Å²) in [5, 5.41) is 0.186. The highest BCUT2D eigenvalue weighted by Gasteiger charge is 2.40. The second kappa shape index (κ2) is 7.41. The maximum absolute atomic E-state index is 11.2. The fourth-order valence-corrected chi connectivity index (χ4v) is 3.30. The maximum atomic E-state index is 11.2. The predicted molar refractivity (Wildman–Crippen MR) is 87.2 cm³/mol. The van der Waals surface area contributed by atoms with Gasteiger partial charge in [0, 0.05) is 6.08 Å². The van der Waals surface area contributed by atoms with Crippen LogP contribution in [0.25, 0.3) is 0 Å². The van der Waals surface area contributed by atoms with E-state index in [2.05, 4.69) is 59.4 Å². The minimum atomic E-state index is -1.81. The van der Waals surface area contributed by atoms with Gasteiger partial charge in [-0.1, -0.05) is 47.6 Å². The zero-order chi connectivity index (χ0) is 16.1.